The standard InChI is InChI=1S/C24H21ClF3N3O2/c25-22-7-6-21(30-23(32)15-2-4-18(26)5-3-15)12-17(22)14-31(9-1-8-29)24(33)16-10-19(27)13-20(28)11-16/h2-7,10-13H,1,8-9,14,29H2,(H,30,32). The number of hydrogen-bond donors (Lipinski definition) is 2. The summed E-state index contributed by atoms with van der Waals surface area (Å²) in [4.78, 5) is 26.8. The van der Waals surface area contributed by atoms with Gasteiger partial charge in [-0.25, -0.2) is 13.2 Å². The highest BCUT2D eigenvalue weighted by Crippen LogP contribution is 2.24. The maximum atomic E-state index is 13.6. The molecule has 0 bridgehead atoms. The van der Waals surface area contributed by atoms with E-state index in [4.69, 9.17) is 17.3 Å². The monoisotopic (exact) mass is 475 g/mol. The molecule has 0 spiro atoms. The van der Waals surface area contributed by atoms with Crippen LogP contribution in [0.25, 0.3) is 0 Å². The van der Waals surface area contributed by atoms with Gasteiger partial charge in [0.2, 0.25) is 0 Å². The van der Waals surface area contributed by atoms with Crippen LogP contribution >= 0.6 is 11.6 Å². The molecular weight excluding hydrogens is 455 g/mol. The van der Waals surface area contributed by atoms with Gasteiger partial charge < -0.3 is 16.0 Å². The average Bonchev–Trinajstić information content (AvgIpc) is 2.78. The van der Waals surface area contributed by atoms with Gasteiger partial charge >= 0.3 is 0 Å². The van der Waals surface area contributed by atoms with Crippen LogP contribution in [0.1, 0.15) is 32.7 Å². The van der Waals surface area contributed by atoms with E-state index in [0.717, 1.165) is 12.1 Å². The zero-order chi connectivity index (χ0) is 24.0. The molecule has 0 aliphatic rings. The molecule has 0 heterocycles. The second-order valence-electron chi connectivity index (χ2n) is 7.29. The van der Waals surface area contributed by atoms with Crippen LogP contribution in [-0.4, -0.2) is 29.8 Å². The van der Waals surface area contributed by atoms with Crippen molar-refractivity contribution in [1.82, 2.24) is 4.90 Å². The topological polar surface area (TPSA) is 75.4 Å². The summed E-state index contributed by atoms with van der Waals surface area (Å²) in [5.74, 6) is -3.21. The van der Waals surface area contributed by atoms with E-state index in [-0.39, 0.29) is 24.2 Å². The first-order valence-electron chi connectivity index (χ1n) is 10.1. The number of nitrogens with zero attached hydrogens (tertiary/aromatic N) is 1. The van der Waals surface area contributed by atoms with Crippen molar-refractivity contribution in [2.24, 2.45) is 5.73 Å². The minimum atomic E-state index is -0.860. The van der Waals surface area contributed by atoms with E-state index in [1.54, 1.807) is 18.2 Å². The third-order valence-electron chi connectivity index (χ3n) is 4.80. The van der Waals surface area contributed by atoms with Crippen molar-refractivity contribution in [3.63, 3.8) is 0 Å². The van der Waals surface area contributed by atoms with Gasteiger partial charge in [0.15, 0.2) is 0 Å². The van der Waals surface area contributed by atoms with Crippen LogP contribution in [0, 0.1) is 17.5 Å². The number of halogens is 4. The Morgan fingerprint density at radius 1 is 0.879 bits per heavy atom. The summed E-state index contributed by atoms with van der Waals surface area (Å²) in [5, 5.41) is 3.03. The maximum Gasteiger partial charge on any atom is 0.255 e. The van der Waals surface area contributed by atoms with Crippen LogP contribution in [0.4, 0.5) is 18.9 Å². The molecule has 0 atom stereocenters. The van der Waals surface area contributed by atoms with Crippen molar-refractivity contribution in [2.75, 3.05) is 18.4 Å². The number of benzene rings is 3. The highest BCUT2D eigenvalue weighted by Gasteiger charge is 2.19. The van der Waals surface area contributed by atoms with Gasteiger partial charge in [-0.15, -0.1) is 0 Å². The van der Waals surface area contributed by atoms with Crippen molar-refractivity contribution in [3.8, 4) is 0 Å². The van der Waals surface area contributed by atoms with Gasteiger partial charge in [-0.2, -0.15) is 0 Å². The van der Waals surface area contributed by atoms with Crippen LogP contribution in [0.3, 0.4) is 0 Å². The van der Waals surface area contributed by atoms with Crippen molar-refractivity contribution in [3.05, 3.63) is 99.8 Å². The molecule has 172 valence electrons. The number of carbonyl (C=O) groups excluding carboxylic acids is 2. The van der Waals surface area contributed by atoms with E-state index in [1.165, 1.54) is 29.2 Å². The Morgan fingerprint density at radius 2 is 1.55 bits per heavy atom. The second-order valence-corrected chi connectivity index (χ2v) is 7.70. The molecule has 3 aromatic rings. The number of carbonyl (C=O) groups is 2. The van der Waals surface area contributed by atoms with Gasteiger partial charge in [0, 0.05) is 41.0 Å². The van der Waals surface area contributed by atoms with E-state index >= 15 is 0 Å². The molecular formula is C24H21ClF3N3O2. The molecule has 0 aliphatic carbocycles. The minimum absolute atomic E-state index is 0.0239. The van der Waals surface area contributed by atoms with Crippen LogP contribution in [0.15, 0.2) is 60.7 Å². The summed E-state index contributed by atoms with van der Waals surface area (Å²) < 4.78 is 40.3. The van der Waals surface area contributed by atoms with Crippen LogP contribution in [-0.2, 0) is 6.54 Å². The number of hydrogen-bond acceptors (Lipinski definition) is 3. The average molecular weight is 476 g/mol. The fraction of sp³-hybridized carbons (Fsp3) is 0.167. The Kier molecular flexibility index (Phi) is 8.08. The summed E-state index contributed by atoms with van der Waals surface area (Å²) >= 11 is 6.31. The second kappa shape index (κ2) is 11.0. The Balaban J connectivity index is 1.82. The number of nitrogens with one attached hydrogen (secondary N) is 1. The zero-order valence-electron chi connectivity index (χ0n) is 17.5. The van der Waals surface area contributed by atoms with Gasteiger partial charge in [-0.1, -0.05) is 11.6 Å². The molecule has 3 N–H and O–H groups in total. The molecule has 5 nitrogen and oxygen atoms in total. The van der Waals surface area contributed by atoms with Gasteiger partial charge in [0.1, 0.15) is 17.5 Å². The molecule has 0 radical (unpaired) electrons. The highest BCUT2D eigenvalue weighted by atomic mass is 35.5. The van der Waals surface area contributed by atoms with E-state index in [9.17, 15) is 22.8 Å². The Hall–Kier alpha value is -3.36. The summed E-state index contributed by atoms with van der Waals surface area (Å²) in [5.41, 5.74) is 6.62. The first-order chi connectivity index (χ1) is 15.8. The molecule has 3 aromatic carbocycles. The lowest BCUT2D eigenvalue weighted by molar-refractivity contribution is 0.0741. The van der Waals surface area contributed by atoms with Crippen molar-refractivity contribution >= 4 is 29.1 Å². The molecule has 0 saturated heterocycles. The molecule has 0 fully saturated rings. The Morgan fingerprint density at radius 3 is 2.18 bits per heavy atom. The molecule has 0 unspecified atom stereocenters. The first kappa shape index (κ1) is 24.3. The zero-order valence-corrected chi connectivity index (χ0v) is 18.2. The third-order valence-corrected chi connectivity index (χ3v) is 5.17. The number of anilines is 1. The van der Waals surface area contributed by atoms with E-state index in [2.05, 4.69) is 5.32 Å². The Bertz CT molecular complexity index is 1140. The molecule has 9 heteroatoms. The lowest BCUT2D eigenvalue weighted by atomic mass is 10.1. The van der Waals surface area contributed by atoms with E-state index < -0.39 is 29.3 Å². The third kappa shape index (κ3) is 6.57. The quantitative estimate of drug-likeness (QED) is 0.481. The SMILES string of the molecule is NCCCN(Cc1cc(NC(=O)c2ccc(F)cc2)ccc1Cl)C(=O)c1cc(F)cc(F)c1. The lowest BCUT2D eigenvalue weighted by Crippen LogP contribution is -2.33. The van der Waals surface area contributed by atoms with E-state index in [0.29, 0.717) is 35.3 Å². The Labute approximate surface area is 194 Å². The normalized spacial score (nSPS) is 10.7. The summed E-state index contributed by atoms with van der Waals surface area (Å²) in [6.07, 6.45) is 0.460. The molecule has 0 aromatic heterocycles. The van der Waals surface area contributed by atoms with Gasteiger partial charge in [0.05, 0.1) is 0 Å². The predicted molar refractivity (Wildman–Crippen MR) is 121 cm³/mol. The van der Waals surface area contributed by atoms with Crippen molar-refractivity contribution in [1.29, 1.82) is 0 Å². The van der Waals surface area contributed by atoms with Crippen molar-refractivity contribution < 1.29 is 22.8 Å². The van der Waals surface area contributed by atoms with Crippen LogP contribution < -0.4 is 11.1 Å². The summed E-state index contributed by atoms with van der Waals surface area (Å²) in [7, 11) is 0. The smallest absolute Gasteiger partial charge is 0.255 e. The van der Waals surface area contributed by atoms with Crippen LogP contribution in [0.5, 0.6) is 0 Å². The first-order valence-corrected chi connectivity index (χ1v) is 10.5. The summed E-state index contributed by atoms with van der Waals surface area (Å²) in [6, 6.07) is 12.4. The largest absolute Gasteiger partial charge is 0.334 e. The van der Waals surface area contributed by atoms with Gasteiger partial charge in [-0.05, 0) is 73.1 Å². The predicted octanol–water partition coefficient (Wildman–Crippen LogP) is 5.00. The molecule has 0 saturated carbocycles. The number of nitrogens with two attached hydrogens (primary N) is 1. The fourth-order valence-electron chi connectivity index (χ4n) is 3.18. The lowest BCUT2D eigenvalue weighted by Gasteiger charge is -2.24. The van der Waals surface area contributed by atoms with E-state index in [1.807, 2.05) is 0 Å². The molecule has 2 amide bonds. The molecule has 33 heavy (non-hydrogen) atoms. The number of rotatable bonds is 8. The molecule has 0 aliphatic heterocycles. The number of amides is 2. The van der Waals surface area contributed by atoms with Gasteiger partial charge in [-0.3, -0.25) is 9.59 Å². The maximum absolute atomic E-state index is 13.6. The van der Waals surface area contributed by atoms with Gasteiger partial charge in [0.25, 0.3) is 11.8 Å². The molecule has 3 rings (SSSR count). The van der Waals surface area contributed by atoms with Crippen molar-refractivity contribution in [2.45, 2.75) is 13.0 Å². The van der Waals surface area contributed by atoms with Crippen LogP contribution in [0.2, 0.25) is 5.02 Å². The minimum Gasteiger partial charge on any atom is -0.334 e. The summed E-state index contributed by atoms with van der Waals surface area (Å²) in [6.45, 7) is 0.564. The highest BCUT2D eigenvalue weighted by molar-refractivity contribution is 6.31. The fourth-order valence-corrected chi connectivity index (χ4v) is 3.36.